The van der Waals surface area contributed by atoms with Crippen LogP contribution in [0.3, 0.4) is 0 Å². The summed E-state index contributed by atoms with van der Waals surface area (Å²) in [5.74, 6) is 0.906. The average molecular weight is 281 g/mol. The maximum atomic E-state index is 6.04. The normalized spacial score (nSPS) is 22.3. The fourth-order valence-corrected chi connectivity index (χ4v) is 3.12. The summed E-state index contributed by atoms with van der Waals surface area (Å²) >= 11 is 7.67. The Bertz CT molecular complexity index is 544. The number of rotatable bonds is 2. The van der Waals surface area contributed by atoms with E-state index in [1.807, 2.05) is 37.0 Å². The largest absolute Gasteiger partial charge is 0.484 e. The van der Waals surface area contributed by atoms with Crippen LogP contribution in [0.5, 0.6) is 5.75 Å². The first kappa shape index (κ1) is 12.0. The van der Waals surface area contributed by atoms with E-state index < -0.39 is 0 Å². The van der Waals surface area contributed by atoms with Crippen molar-refractivity contribution in [2.45, 2.75) is 18.6 Å². The molecule has 1 aliphatic rings. The van der Waals surface area contributed by atoms with E-state index in [1.165, 1.54) is 0 Å². The molecule has 2 atom stereocenters. The van der Waals surface area contributed by atoms with Crippen LogP contribution in [0.1, 0.15) is 29.0 Å². The summed E-state index contributed by atoms with van der Waals surface area (Å²) < 4.78 is 6.04. The van der Waals surface area contributed by atoms with Gasteiger partial charge in [0, 0.05) is 29.2 Å². The standard InChI is InChI=1S/C13H13ClN2OS/c1-15-10-5-12(13-6-16-7-18-13)17-11-3-2-8(14)4-9(10)11/h2-4,6-7,10,12,15H,5H2,1H3. The molecule has 1 aliphatic heterocycles. The first-order valence-electron chi connectivity index (χ1n) is 5.79. The second kappa shape index (κ2) is 4.88. The molecule has 0 bridgehead atoms. The number of thiazole rings is 1. The fourth-order valence-electron chi connectivity index (χ4n) is 2.27. The lowest BCUT2D eigenvalue weighted by atomic mass is 9.96. The molecular formula is C13H13ClN2OS. The first-order valence-corrected chi connectivity index (χ1v) is 7.05. The van der Waals surface area contributed by atoms with Crippen molar-refractivity contribution in [1.82, 2.24) is 10.3 Å². The number of fused-ring (bicyclic) bond motifs is 1. The van der Waals surface area contributed by atoms with E-state index in [0.29, 0.717) is 0 Å². The third kappa shape index (κ3) is 2.11. The summed E-state index contributed by atoms with van der Waals surface area (Å²) in [7, 11) is 1.96. The molecule has 5 heteroatoms. The van der Waals surface area contributed by atoms with Crippen LogP contribution in [0.25, 0.3) is 0 Å². The fraction of sp³-hybridized carbons (Fsp3) is 0.308. The zero-order valence-corrected chi connectivity index (χ0v) is 11.5. The Morgan fingerprint density at radius 2 is 2.39 bits per heavy atom. The molecule has 2 heterocycles. The molecule has 94 valence electrons. The molecule has 18 heavy (non-hydrogen) atoms. The van der Waals surface area contributed by atoms with Gasteiger partial charge in [0.2, 0.25) is 0 Å². The number of nitrogens with one attached hydrogen (secondary N) is 1. The van der Waals surface area contributed by atoms with E-state index >= 15 is 0 Å². The van der Waals surface area contributed by atoms with Gasteiger partial charge in [0.15, 0.2) is 0 Å². The highest BCUT2D eigenvalue weighted by Gasteiger charge is 2.29. The molecule has 3 rings (SSSR count). The second-order valence-electron chi connectivity index (χ2n) is 4.27. The molecule has 1 aromatic carbocycles. The molecule has 3 nitrogen and oxygen atoms in total. The first-order chi connectivity index (χ1) is 8.78. The van der Waals surface area contributed by atoms with Crippen molar-refractivity contribution < 1.29 is 4.74 Å². The van der Waals surface area contributed by atoms with Gasteiger partial charge in [-0.05, 0) is 25.2 Å². The average Bonchev–Trinajstić information content (AvgIpc) is 2.91. The van der Waals surface area contributed by atoms with Crippen LogP contribution in [0.4, 0.5) is 0 Å². The second-order valence-corrected chi connectivity index (χ2v) is 5.62. The van der Waals surface area contributed by atoms with Crippen molar-refractivity contribution in [3.8, 4) is 5.75 Å². The van der Waals surface area contributed by atoms with Crippen molar-refractivity contribution in [3.63, 3.8) is 0 Å². The molecule has 1 N–H and O–H groups in total. The highest BCUT2D eigenvalue weighted by Crippen LogP contribution is 2.42. The van der Waals surface area contributed by atoms with Gasteiger partial charge < -0.3 is 10.1 Å². The zero-order valence-electron chi connectivity index (χ0n) is 9.89. The molecule has 0 saturated heterocycles. The summed E-state index contributed by atoms with van der Waals surface area (Å²) in [6, 6.07) is 6.04. The molecule has 0 saturated carbocycles. The van der Waals surface area contributed by atoms with Gasteiger partial charge in [0.25, 0.3) is 0 Å². The minimum Gasteiger partial charge on any atom is -0.484 e. The molecule has 2 unspecified atom stereocenters. The minimum atomic E-state index is 0.0728. The van der Waals surface area contributed by atoms with Gasteiger partial charge in [-0.15, -0.1) is 11.3 Å². The van der Waals surface area contributed by atoms with Crippen molar-refractivity contribution in [2.24, 2.45) is 0 Å². The number of benzene rings is 1. The van der Waals surface area contributed by atoms with Crippen LogP contribution in [-0.4, -0.2) is 12.0 Å². The van der Waals surface area contributed by atoms with E-state index in [-0.39, 0.29) is 12.1 Å². The molecule has 0 fully saturated rings. The molecule has 0 amide bonds. The minimum absolute atomic E-state index is 0.0728. The third-order valence-corrected chi connectivity index (χ3v) is 4.29. The van der Waals surface area contributed by atoms with Crippen molar-refractivity contribution in [2.75, 3.05) is 7.05 Å². The number of hydrogen-bond acceptors (Lipinski definition) is 4. The number of nitrogens with zero attached hydrogens (tertiary/aromatic N) is 1. The van der Waals surface area contributed by atoms with Crippen molar-refractivity contribution >= 4 is 22.9 Å². The topological polar surface area (TPSA) is 34.2 Å². The van der Waals surface area contributed by atoms with Crippen LogP contribution in [0.15, 0.2) is 29.9 Å². The summed E-state index contributed by atoms with van der Waals surface area (Å²) in [5, 5.41) is 4.07. The van der Waals surface area contributed by atoms with Gasteiger partial charge in [0.05, 0.1) is 10.4 Å². The number of aromatic nitrogens is 1. The smallest absolute Gasteiger partial charge is 0.136 e. The Morgan fingerprint density at radius 3 is 3.11 bits per heavy atom. The lowest BCUT2D eigenvalue weighted by Gasteiger charge is -2.31. The van der Waals surface area contributed by atoms with Gasteiger partial charge in [-0.1, -0.05) is 11.6 Å². The third-order valence-electron chi connectivity index (χ3n) is 3.18. The number of ether oxygens (including phenoxy) is 1. The molecule has 0 aliphatic carbocycles. The van der Waals surface area contributed by atoms with Crippen LogP contribution in [0, 0.1) is 0 Å². The summed E-state index contributed by atoms with van der Waals surface area (Å²) in [5.41, 5.74) is 2.97. The SMILES string of the molecule is CNC1CC(c2cncs2)Oc2ccc(Cl)cc21. The molecule has 2 aromatic rings. The van der Waals surface area contributed by atoms with E-state index in [9.17, 15) is 0 Å². The maximum Gasteiger partial charge on any atom is 0.136 e. The zero-order chi connectivity index (χ0) is 12.5. The highest BCUT2D eigenvalue weighted by atomic mass is 35.5. The van der Waals surface area contributed by atoms with E-state index in [0.717, 1.165) is 27.6 Å². The monoisotopic (exact) mass is 280 g/mol. The molecule has 0 radical (unpaired) electrons. The number of hydrogen-bond donors (Lipinski definition) is 1. The summed E-state index contributed by atoms with van der Waals surface area (Å²) in [6.45, 7) is 0. The Hall–Kier alpha value is -1.10. The van der Waals surface area contributed by atoms with Crippen LogP contribution < -0.4 is 10.1 Å². The van der Waals surface area contributed by atoms with Crippen LogP contribution in [0.2, 0.25) is 5.02 Å². The number of halogens is 1. The maximum absolute atomic E-state index is 6.04. The molecular weight excluding hydrogens is 268 g/mol. The predicted octanol–water partition coefficient (Wildman–Crippen LogP) is 3.58. The molecule has 0 spiro atoms. The van der Waals surface area contributed by atoms with Gasteiger partial charge in [0.1, 0.15) is 11.9 Å². The van der Waals surface area contributed by atoms with Crippen LogP contribution >= 0.6 is 22.9 Å². The summed E-state index contributed by atoms with van der Waals surface area (Å²) in [6.07, 6.45) is 2.85. The van der Waals surface area contributed by atoms with Gasteiger partial charge in [-0.2, -0.15) is 0 Å². The molecule has 1 aromatic heterocycles. The van der Waals surface area contributed by atoms with Gasteiger partial charge in [-0.25, -0.2) is 0 Å². The van der Waals surface area contributed by atoms with Crippen molar-refractivity contribution in [1.29, 1.82) is 0 Å². The van der Waals surface area contributed by atoms with E-state index in [2.05, 4.69) is 10.3 Å². The van der Waals surface area contributed by atoms with Crippen molar-refractivity contribution in [3.05, 3.63) is 45.4 Å². The Morgan fingerprint density at radius 1 is 1.50 bits per heavy atom. The lowest BCUT2D eigenvalue weighted by Crippen LogP contribution is -2.26. The Labute approximate surface area is 115 Å². The quantitative estimate of drug-likeness (QED) is 0.913. The summed E-state index contributed by atoms with van der Waals surface area (Å²) in [4.78, 5) is 5.28. The Balaban J connectivity index is 1.97. The van der Waals surface area contributed by atoms with Crippen LogP contribution in [-0.2, 0) is 0 Å². The van der Waals surface area contributed by atoms with E-state index in [1.54, 1.807) is 11.3 Å². The Kier molecular flexibility index (Phi) is 3.24. The van der Waals surface area contributed by atoms with Gasteiger partial charge >= 0.3 is 0 Å². The highest BCUT2D eigenvalue weighted by molar-refractivity contribution is 7.09. The van der Waals surface area contributed by atoms with Gasteiger partial charge in [-0.3, -0.25) is 4.98 Å². The predicted molar refractivity (Wildman–Crippen MR) is 73.4 cm³/mol. The lowest BCUT2D eigenvalue weighted by molar-refractivity contribution is 0.157. The van der Waals surface area contributed by atoms with E-state index in [4.69, 9.17) is 16.3 Å².